The molecule has 106 valence electrons. The average Bonchev–Trinajstić information content (AvgIpc) is 2.43. The lowest BCUT2D eigenvalue weighted by Gasteiger charge is -2.10. The van der Waals surface area contributed by atoms with Gasteiger partial charge in [-0.15, -0.1) is 0 Å². The van der Waals surface area contributed by atoms with E-state index in [-0.39, 0.29) is 12.4 Å². The van der Waals surface area contributed by atoms with E-state index in [1.807, 2.05) is 12.1 Å². The molecule has 0 aliphatic carbocycles. The molecule has 0 atom stereocenters. The lowest BCUT2D eigenvalue weighted by atomic mass is 10.3. The topological polar surface area (TPSA) is 44.5 Å². The summed E-state index contributed by atoms with van der Waals surface area (Å²) in [5.74, 6) is -1.19. The molecule has 0 saturated heterocycles. The van der Waals surface area contributed by atoms with E-state index >= 15 is 0 Å². The van der Waals surface area contributed by atoms with E-state index < -0.39 is 11.6 Å². The fraction of sp³-hybridized carbons (Fsp3) is 0.200. The molecule has 0 bridgehead atoms. The first-order valence-corrected chi connectivity index (χ1v) is 6.22. The van der Waals surface area contributed by atoms with Gasteiger partial charge in [0.05, 0.1) is 18.9 Å². The highest BCUT2D eigenvalue weighted by Gasteiger charge is 2.09. The number of para-hydroxylation sites is 3. The fourth-order valence-electron chi connectivity index (χ4n) is 1.65. The van der Waals surface area contributed by atoms with E-state index in [0.29, 0.717) is 24.5 Å². The monoisotopic (exact) mass is 279 g/mol. The lowest BCUT2D eigenvalue weighted by molar-refractivity contribution is 0.234. The Hall–Kier alpha value is -2.30. The van der Waals surface area contributed by atoms with Gasteiger partial charge in [0.1, 0.15) is 5.75 Å². The van der Waals surface area contributed by atoms with Crippen LogP contribution in [0, 0.1) is 11.6 Å². The van der Waals surface area contributed by atoms with Gasteiger partial charge in [-0.05, 0) is 24.3 Å². The summed E-state index contributed by atoms with van der Waals surface area (Å²) in [4.78, 5) is 0. The summed E-state index contributed by atoms with van der Waals surface area (Å²) >= 11 is 0. The van der Waals surface area contributed by atoms with Gasteiger partial charge in [0.25, 0.3) is 0 Å². The highest BCUT2D eigenvalue weighted by molar-refractivity contribution is 5.51. The minimum Gasteiger partial charge on any atom is -0.491 e. The van der Waals surface area contributed by atoms with Crippen molar-refractivity contribution >= 4 is 5.69 Å². The Morgan fingerprint density at radius 3 is 2.20 bits per heavy atom. The molecule has 2 aromatic rings. The van der Waals surface area contributed by atoms with E-state index in [0.717, 1.165) is 12.1 Å². The van der Waals surface area contributed by atoms with Crippen molar-refractivity contribution in [2.45, 2.75) is 6.42 Å². The molecule has 2 N–H and O–H groups in total. The number of ether oxygens (including phenoxy) is 2. The minimum absolute atomic E-state index is 0.157. The molecule has 0 aliphatic rings. The van der Waals surface area contributed by atoms with Gasteiger partial charge in [-0.1, -0.05) is 18.2 Å². The Balaban J connectivity index is 1.76. The van der Waals surface area contributed by atoms with Crippen LogP contribution in [0.3, 0.4) is 0 Å². The van der Waals surface area contributed by atoms with Crippen LogP contribution < -0.4 is 15.2 Å². The second-order valence-corrected chi connectivity index (χ2v) is 4.14. The molecule has 0 amide bonds. The van der Waals surface area contributed by atoms with E-state index in [9.17, 15) is 8.78 Å². The molecule has 0 heterocycles. The fourth-order valence-corrected chi connectivity index (χ4v) is 1.65. The zero-order chi connectivity index (χ0) is 14.4. The van der Waals surface area contributed by atoms with Crippen molar-refractivity contribution in [1.29, 1.82) is 0 Å². The molecule has 0 fully saturated rings. The first kappa shape index (κ1) is 14.1. The SMILES string of the molecule is Nc1ccccc1OCCCOc1c(F)cccc1F. The minimum atomic E-state index is -0.710. The van der Waals surface area contributed by atoms with Gasteiger partial charge in [0, 0.05) is 6.42 Å². The van der Waals surface area contributed by atoms with Gasteiger partial charge in [0.2, 0.25) is 0 Å². The summed E-state index contributed by atoms with van der Waals surface area (Å²) in [6.45, 7) is 0.509. The summed E-state index contributed by atoms with van der Waals surface area (Å²) in [5, 5.41) is 0. The molecule has 20 heavy (non-hydrogen) atoms. The first-order valence-electron chi connectivity index (χ1n) is 6.22. The Morgan fingerprint density at radius 2 is 1.50 bits per heavy atom. The van der Waals surface area contributed by atoms with Gasteiger partial charge >= 0.3 is 0 Å². The normalized spacial score (nSPS) is 10.3. The van der Waals surface area contributed by atoms with Crippen molar-refractivity contribution in [3.63, 3.8) is 0 Å². The van der Waals surface area contributed by atoms with E-state index in [4.69, 9.17) is 15.2 Å². The van der Waals surface area contributed by atoms with Crippen LogP contribution in [0.15, 0.2) is 42.5 Å². The van der Waals surface area contributed by atoms with Gasteiger partial charge in [-0.25, -0.2) is 8.78 Å². The molecule has 3 nitrogen and oxygen atoms in total. The van der Waals surface area contributed by atoms with Crippen molar-refractivity contribution in [3.8, 4) is 11.5 Å². The molecule has 0 unspecified atom stereocenters. The predicted octanol–water partition coefficient (Wildman–Crippen LogP) is 3.39. The van der Waals surface area contributed by atoms with E-state index in [2.05, 4.69) is 0 Å². The maximum absolute atomic E-state index is 13.3. The third kappa shape index (κ3) is 3.60. The van der Waals surface area contributed by atoms with E-state index in [1.165, 1.54) is 6.07 Å². The summed E-state index contributed by atoms with van der Waals surface area (Å²) in [5.41, 5.74) is 6.26. The summed E-state index contributed by atoms with van der Waals surface area (Å²) in [7, 11) is 0. The summed E-state index contributed by atoms with van der Waals surface area (Å²) < 4.78 is 37.0. The molecule has 0 saturated carbocycles. The summed E-state index contributed by atoms with van der Waals surface area (Å²) in [6, 6.07) is 10.7. The maximum atomic E-state index is 13.3. The maximum Gasteiger partial charge on any atom is 0.190 e. The van der Waals surface area contributed by atoms with Crippen LogP contribution in [0.5, 0.6) is 11.5 Å². The zero-order valence-corrected chi connectivity index (χ0v) is 10.8. The van der Waals surface area contributed by atoms with Gasteiger partial charge < -0.3 is 15.2 Å². The molecule has 0 spiro atoms. The van der Waals surface area contributed by atoms with Crippen LogP contribution >= 0.6 is 0 Å². The molecule has 0 radical (unpaired) electrons. The summed E-state index contributed by atoms with van der Waals surface area (Å²) in [6.07, 6.45) is 0.488. The highest BCUT2D eigenvalue weighted by atomic mass is 19.1. The number of halogens is 2. The molecule has 5 heteroatoms. The third-order valence-electron chi connectivity index (χ3n) is 2.63. The number of nitrogen functional groups attached to an aromatic ring is 1. The van der Waals surface area contributed by atoms with Crippen molar-refractivity contribution in [2.75, 3.05) is 18.9 Å². The van der Waals surface area contributed by atoms with Gasteiger partial charge in [-0.2, -0.15) is 0 Å². The quantitative estimate of drug-likeness (QED) is 0.651. The van der Waals surface area contributed by atoms with Gasteiger partial charge in [-0.3, -0.25) is 0 Å². The molecular weight excluding hydrogens is 264 g/mol. The Kier molecular flexibility index (Phi) is 4.76. The second-order valence-electron chi connectivity index (χ2n) is 4.14. The second kappa shape index (κ2) is 6.75. The van der Waals surface area contributed by atoms with E-state index in [1.54, 1.807) is 12.1 Å². The van der Waals surface area contributed by atoms with Crippen LogP contribution in [-0.4, -0.2) is 13.2 Å². The highest BCUT2D eigenvalue weighted by Crippen LogP contribution is 2.21. The molecule has 2 rings (SSSR count). The van der Waals surface area contributed by atoms with Crippen LogP contribution in [0.4, 0.5) is 14.5 Å². The lowest BCUT2D eigenvalue weighted by Crippen LogP contribution is -2.07. The molecule has 0 aliphatic heterocycles. The number of benzene rings is 2. The molecule has 0 aromatic heterocycles. The van der Waals surface area contributed by atoms with Crippen LogP contribution in [0.2, 0.25) is 0 Å². The Bertz CT molecular complexity index is 555. The van der Waals surface area contributed by atoms with Crippen LogP contribution in [0.25, 0.3) is 0 Å². The van der Waals surface area contributed by atoms with Crippen LogP contribution in [0.1, 0.15) is 6.42 Å². The molecule has 2 aromatic carbocycles. The Labute approximate surface area is 115 Å². The largest absolute Gasteiger partial charge is 0.491 e. The number of rotatable bonds is 6. The number of anilines is 1. The zero-order valence-electron chi connectivity index (χ0n) is 10.8. The van der Waals surface area contributed by atoms with Crippen molar-refractivity contribution in [1.82, 2.24) is 0 Å². The number of nitrogens with two attached hydrogens (primary N) is 1. The standard InChI is InChI=1S/C15H15F2NO2/c16-11-5-3-6-12(17)15(11)20-10-4-9-19-14-8-2-1-7-13(14)18/h1-3,5-8H,4,9-10,18H2. The third-order valence-corrected chi connectivity index (χ3v) is 2.63. The predicted molar refractivity (Wildman–Crippen MR) is 72.8 cm³/mol. The van der Waals surface area contributed by atoms with Crippen molar-refractivity contribution in [3.05, 3.63) is 54.1 Å². The number of hydrogen-bond acceptors (Lipinski definition) is 3. The Morgan fingerprint density at radius 1 is 0.850 bits per heavy atom. The van der Waals surface area contributed by atoms with Crippen molar-refractivity contribution in [2.24, 2.45) is 0 Å². The van der Waals surface area contributed by atoms with Crippen LogP contribution in [-0.2, 0) is 0 Å². The van der Waals surface area contributed by atoms with Crippen molar-refractivity contribution < 1.29 is 18.3 Å². The first-order chi connectivity index (χ1) is 9.68. The smallest absolute Gasteiger partial charge is 0.190 e. The van der Waals surface area contributed by atoms with Gasteiger partial charge in [0.15, 0.2) is 17.4 Å². The average molecular weight is 279 g/mol. The molecular formula is C15H15F2NO2. The number of hydrogen-bond donors (Lipinski definition) is 1.